The van der Waals surface area contributed by atoms with Crippen molar-refractivity contribution in [2.24, 2.45) is 0 Å². The van der Waals surface area contributed by atoms with Gasteiger partial charge in [0.1, 0.15) is 5.75 Å². The van der Waals surface area contributed by atoms with Gasteiger partial charge in [-0.2, -0.15) is 18.3 Å². The van der Waals surface area contributed by atoms with Crippen LogP contribution in [-0.2, 0) is 6.18 Å². The normalized spacial score (nSPS) is 11.6. The SMILES string of the molecule is COc1ccc(C(F)(F)F)cc1-c1[nH]nc2ncc(-c3cccc(C(=O)N(C)C)c3)cc12. The fourth-order valence-corrected chi connectivity index (χ4v) is 3.43. The molecule has 1 N–H and O–H groups in total. The Morgan fingerprint density at radius 3 is 2.53 bits per heavy atom. The molecule has 4 rings (SSSR count). The molecule has 6 nitrogen and oxygen atoms in total. The summed E-state index contributed by atoms with van der Waals surface area (Å²) in [6.07, 6.45) is -2.89. The van der Waals surface area contributed by atoms with Crippen molar-refractivity contribution in [2.75, 3.05) is 21.2 Å². The van der Waals surface area contributed by atoms with Crippen LogP contribution in [0.5, 0.6) is 5.75 Å². The average molecular weight is 440 g/mol. The Balaban J connectivity index is 1.85. The standard InChI is InChI=1S/C23H19F3N4O2/c1-30(2)22(31)14-6-4-5-13(9-14)15-10-18-20(28-29-21(18)27-12-15)17-11-16(23(24,25)26)7-8-19(17)32-3/h4-12H,1-3H3,(H,27,28,29). The number of aromatic nitrogens is 3. The van der Waals surface area contributed by atoms with E-state index >= 15 is 0 Å². The molecular weight excluding hydrogens is 421 g/mol. The molecule has 0 fully saturated rings. The maximum atomic E-state index is 13.3. The smallest absolute Gasteiger partial charge is 0.416 e. The number of carbonyl (C=O) groups is 1. The molecule has 0 unspecified atom stereocenters. The van der Waals surface area contributed by atoms with E-state index < -0.39 is 11.7 Å². The molecule has 2 aromatic heterocycles. The number of halogens is 3. The third kappa shape index (κ3) is 3.89. The summed E-state index contributed by atoms with van der Waals surface area (Å²) in [7, 11) is 4.73. The molecule has 32 heavy (non-hydrogen) atoms. The highest BCUT2D eigenvalue weighted by Crippen LogP contribution is 2.39. The molecule has 2 aromatic carbocycles. The Morgan fingerprint density at radius 1 is 1.06 bits per heavy atom. The van der Waals surface area contributed by atoms with E-state index in [1.807, 2.05) is 6.07 Å². The number of carbonyl (C=O) groups excluding carboxylic acids is 1. The largest absolute Gasteiger partial charge is 0.496 e. The first kappa shape index (κ1) is 21.4. The van der Waals surface area contributed by atoms with Crippen LogP contribution in [0, 0.1) is 0 Å². The van der Waals surface area contributed by atoms with Crippen LogP contribution in [0.25, 0.3) is 33.4 Å². The first-order valence-corrected chi connectivity index (χ1v) is 9.61. The number of rotatable bonds is 4. The second-order valence-electron chi connectivity index (χ2n) is 7.39. The summed E-state index contributed by atoms with van der Waals surface area (Å²) in [4.78, 5) is 18.1. The molecular formula is C23H19F3N4O2. The molecule has 0 aliphatic heterocycles. The van der Waals surface area contributed by atoms with Crippen LogP contribution in [0.15, 0.2) is 54.7 Å². The number of ether oxygens (including phenoxy) is 1. The van der Waals surface area contributed by atoms with Gasteiger partial charge in [-0.25, -0.2) is 4.98 Å². The number of nitrogens with one attached hydrogen (secondary N) is 1. The number of methoxy groups -OCH3 is 1. The van der Waals surface area contributed by atoms with Crippen LogP contribution in [0.3, 0.4) is 0 Å². The van der Waals surface area contributed by atoms with Crippen LogP contribution in [0.4, 0.5) is 13.2 Å². The van der Waals surface area contributed by atoms with Gasteiger partial charge in [0.25, 0.3) is 5.91 Å². The van der Waals surface area contributed by atoms with Crippen LogP contribution >= 0.6 is 0 Å². The van der Waals surface area contributed by atoms with Crippen molar-refractivity contribution >= 4 is 16.9 Å². The van der Waals surface area contributed by atoms with E-state index in [1.165, 1.54) is 18.1 Å². The van der Waals surface area contributed by atoms with Gasteiger partial charge in [-0.05, 0) is 42.0 Å². The molecule has 0 aliphatic rings. The molecule has 0 bridgehead atoms. The van der Waals surface area contributed by atoms with Gasteiger partial charge >= 0.3 is 6.18 Å². The lowest BCUT2D eigenvalue weighted by molar-refractivity contribution is -0.137. The number of amides is 1. The van der Waals surface area contributed by atoms with Crippen molar-refractivity contribution in [3.8, 4) is 28.1 Å². The highest BCUT2D eigenvalue weighted by molar-refractivity contribution is 5.97. The number of nitrogens with zero attached hydrogens (tertiary/aromatic N) is 3. The number of H-pyrrole nitrogens is 1. The molecule has 164 valence electrons. The maximum absolute atomic E-state index is 13.3. The Labute approximate surface area is 181 Å². The third-order valence-corrected chi connectivity index (χ3v) is 5.05. The van der Waals surface area contributed by atoms with Crippen LogP contribution in [-0.4, -0.2) is 47.2 Å². The van der Waals surface area contributed by atoms with Gasteiger partial charge in [-0.3, -0.25) is 9.89 Å². The van der Waals surface area contributed by atoms with Crippen LogP contribution in [0.2, 0.25) is 0 Å². The number of pyridine rings is 1. The number of alkyl halides is 3. The van der Waals surface area contributed by atoms with Gasteiger partial charge in [0, 0.05) is 42.4 Å². The summed E-state index contributed by atoms with van der Waals surface area (Å²) in [6.45, 7) is 0. The molecule has 0 radical (unpaired) electrons. The first-order chi connectivity index (χ1) is 15.2. The number of hydrogen-bond acceptors (Lipinski definition) is 4. The summed E-state index contributed by atoms with van der Waals surface area (Å²) in [5.41, 5.74) is 2.09. The van der Waals surface area contributed by atoms with Crippen molar-refractivity contribution in [1.82, 2.24) is 20.1 Å². The Morgan fingerprint density at radius 2 is 1.84 bits per heavy atom. The summed E-state index contributed by atoms with van der Waals surface area (Å²) in [5, 5.41) is 7.45. The number of aromatic amines is 1. The van der Waals surface area contributed by atoms with Crippen molar-refractivity contribution < 1.29 is 22.7 Å². The van der Waals surface area contributed by atoms with Gasteiger partial charge < -0.3 is 9.64 Å². The average Bonchev–Trinajstić information content (AvgIpc) is 3.20. The molecule has 0 spiro atoms. The van der Waals surface area contributed by atoms with Gasteiger partial charge in [0.05, 0.1) is 18.4 Å². The molecule has 0 atom stereocenters. The van der Waals surface area contributed by atoms with Gasteiger partial charge in [0.15, 0.2) is 5.65 Å². The monoisotopic (exact) mass is 440 g/mol. The highest BCUT2D eigenvalue weighted by Gasteiger charge is 2.31. The Hall–Kier alpha value is -3.88. The molecule has 0 saturated carbocycles. The summed E-state index contributed by atoms with van der Waals surface area (Å²) >= 11 is 0. The predicted octanol–water partition coefficient (Wildman–Crippen LogP) is 5.02. The van der Waals surface area contributed by atoms with E-state index in [0.29, 0.717) is 27.9 Å². The van der Waals surface area contributed by atoms with E-state index in [-0.39, 0.29) is 17.2 Å². The Kier molecular flexibility index (Phi) is 5.33. The van der Waals surface area contributed by atoms with Gasteiger partial charge in [-0.15, -0.1) is 0 Å². The number of benzene rings is 2. The van der Waals surface area contributed by atoms with E-state index in [9.17, 15) is 18.0 Å². The fraction of sp³-hybridized carbons (Fsp3) is 0.174. The second-order valence-corrected chi connectivity index (χ2v) is 7.39. The topological polar surface area (TPSA) is 71.1 Å². The molecule has 0 saturated heterocycles. The lowest BCUT2D eigenvalue weighted by Gasteiger charge is -2.12. The van der Waals surface area contributed by atoms with Crippen molar-refractivity contribution in [3.63, 3.8) is 0 Å². The second kappa shape index (κ2) is 7.99. The van der Waals surface area contributed by atoms with Gasteiger partial charge in [-0.1, -0.05) is 12.1 Å². The zero-order valence-electron chi connectivity index (χ0n) is 17.5. The summed E-state index contributed by atoms with van der Waals surface area (Å²) in [5.74, 6) is 0.131. The molecule has 2 heterocycles. The molecule has 1 amide bonds. The van der Waals surface area contributed by atoms with Crippen LogP contribution in [0.1, 0.15) is 15.9 Å². The number of fused-ring (bicyclic) bond motifs is 1. The van der Waals surface area contributed by atoms with E-state index in [4.69, 9.17) is 4.74 Å². The quantitative estimate of drug-likeness (QED) is 0.484. The zero-order valence-corrected chi connectivity index (χ0v) is 17.5. The van der Waals surface area contributed by atoms with Gasteiger partial charge in [0.2, 0.25) is 0 Å². The Bertz CT molecular complexity index is 1310. The number of hydrogen-bond donors (Lipinski definition) is 1. The van der Waals surface area contributed by atoms with E-state index in [1.54, 1.807) is 44.6 Å². The third-order valence-electron chi connectivity index (χ3n) is 5.05. The molecule has 4 aromatic rings. The van der Waals surface area contributed by atoms with E-state index in [0.717, 1.165) is 17.7 Å². The van der Waals surface area contributed by atoms with Crippen molar-refractivity contribution in [3.05, 3.63) is 65.9 Å². The van der Waals surface area contributed by atoms with Crippen LogP contribution < -0.4 is 4.74 Å². The van der Waals surface area contributed by atoms with Crippen molar-refractivity contribution in [1.29, 1.82) is 0 Å². The van der Waals surface area contributed by atoms with Crippen molar-refractivity contribution in [2.45, 2.75) is 6.18 Å². The zero-order chi connectivity index (χ0) is 23.0. The summed E-state index contributed by atoms with van der Waals surface area (Å²) < 4.78 is 45.2. The van der Waals surface area contributed by atoms with E-state index in [2.05, 4.69) is 15.2 Å². The minimum atomic E-state index is -4.50. The first-order valence-electron chi connectivity index (χ1n) is 9.61. The highest BCUT2D eigenvalue weighted by atomic mass is 19.4. The minimum Gasteiger partial charge on any atom is -0.496 e. The minimum absolute atomic E-state index is 0.140. The maximum Gasteiger partial charge on any atom is 0.416 e. The lowest BCUT2D eigenvalue weighted by atomic mass is 10.0. The fourth-order valence-electron chi connectivity index (χ4n) is 3.43. The molecule has 9 heteroatoms. The summed E-state index contributed by atoms with van der Waals surface area (Å²) in [6, 6.07) is 12.1. The lowest BCUT2D eigenvalue weighted by Crippen LogP contribution is -2.21. The predicted molar refractivity (Wildman–Crippen MR) is 114 cm³/mol. The molecule has 0 aliphatic carbocycles.